The van der Waals surface area contributed by atoms with Crippen LogP contribution in [0.5, 0.6) is 0 Å². The van der Waals surface area contributed by atoms with E-state index in [4.69, 9.17) is 0 Å². The van der Waals surface area contributed by atoms with E-state index in [9.17, 15) is 19.8 Å². The molecule has 0 rings (SSSR count). The molecule has 0 aliphatic heterocycles. The number of carbonyl (C=O) groups is 2. The quantitative estimate of drug-likeness (QED) is 0.548. The Morgan fingerprint density at radius 3 is 1.60 bits per heavy atom. The second-order valence-electron chi connectivity index (χ2n) is 4.02. The van der Waals surface area contributed by atoms with Crippen molar-refractivity contribution >= 4 is 11.9 Å². The van der Waals surface area contributed by atoms with E-state index in [0.717, 1.165) is 12.2 Å². The van der Waals surface area contributed by atoms with Crippen molar-refractivity contribution in [1.82, 2.24) is 0 Å². The number of aliphatic carboxylic acids is 2. The Hall–Kier alpha value is -1.58. The highest BCUT2D eigenvalue weighted by molar-refractivity contribution is 5.77. The molecular formula is C11H14O4-2. The van der Waals surface area contributed by atoms with Crippen LogP contribution in [0.15, 0.2) is 24.3 Å². The fraction of sp³-hybridized carbons (Fsp3) is 0.455. The molecule has 0 atom stereocenters. The van der Waals surface area contributed by atoms with Crippen LogP contribution in [0.3, 0.4) is 0 Å². The van der Waals surface area contributed by atoms with E-state index in [1.807, 2.05) is 13.8 Å². The van der Waals surface area contributed by atoms with Gasteiger partial charge >= 0.3 is 0 Å². The fourth-order valence-electron chi connectivity index (χ4n) is 1.03. The number of carboxylic acid groups (broad SMARTS) is 2. The number of carboxylic acids is 2. The summed E-state index contributed by atoms with van der Waals surface area (Å²) in [5.41, 5.74) is -0.183. The van der Waals surface area contributed by atoms with Gasteiger partial charge in [-0.25, -0.2) is 0 Å². The van der Waals surface area contributed by atoms with Crippen molar-refractivity contribution in [2.24, 2.45) is 5.41 Å². The third kappa shape index (κ3) is 8.74. The van der Waals surface area contributed by atoms with E-state index in [1.54, 1.807) is 0 Å². The van der Waals surface area contributed by atoms with E-state index in [0.29, 0.717) is 12.8 Å². The molecule has 0 aromatic heterocycles. The van der Waals surface area contributed by atoms with Crippen LogP contribution in [-0.4, -0.2) is 11.9 Å². The van der Waals surface area contributed by atoms with Gasteiger partial charge < -0.3 is 19.8 Å². The molecule has 4 heteroatoms. The lowest BCUT2D eigenvalue weighted by atomic mass is 9.85. The molecule has 0 saturated heterocycles. The Kier molecular flexibility index (Phi) is 5.37. The molecular weight excluding hydrogens is 196 g/mol. The first-order valence-electron chi connectivity index (χ1n) is 4.58. The van der Waals surface area contributed by atoms with Crippen LogP contribution in [-0.2, 0) is 9.59 Å². The van der Waals surface area contributed by atoms with Gasteiger partial charge in [0.1, 0.15) is 0 Å². The number of carbonyl (C=O) groups excluding carboxylic acids is 2. The van der Waals surface area contributed by atoms with Crippen molar-refractivity contribution in [3.8, 4) is 0 Å². The van der Waals surface area contributed by atoms with Gasteiger partial charge in [-0.3, -0.25) is 0 Å². The van der Waals surface area contributed by atoms with Gasteiger partial charge in [-0.05, 0) is 30.4 Å². The van der Waals surface area contributed by atoms with Crippen LogP contribution in [0.25, 0.3) is 0 Å². The summed E-state index contributed by atoms with van der Waals surface area (Å²) in [5, 5.41) is 20.2. The highest BCUT2D eigenvalue weighted by atomic mass is 16.4. The largest absolute Gasteiger partial charge is 0.545 e. The molecule has 84 valence electrons. The smallest absolute Gasteiger partial charge is 0.0639 e. The molecule has 0 aromatic carbocycles. The van der Waals surface area contributed by atoms with Crippen LogP contribution in [0.2, 0.25) is 0 Å². The molecule has 0 radical (unpaired) electrons. The number of hydrogen-bond donors (Lipinski definition) is 0. The maximum absolute atomic E-state index is 10.1. The Bertz CT molecular complexity index is 259. The van der Waals surface area contributed by atoms with Crippen LogP contribution in [0.4, 0.5) is 0 Å². The standard InChI is InChI=1S/C11H16O4/c1-11(2,7-3-5-9(12)13)8-4-6-10(14)15/h3-6H,7-8H2,1-2H3,(H,12,13)(H,14,15)/p-2/b5-3+,6-4+. The SMILES string of the molecule is CC(C)(C/C=C/C(=O)[O-])C/C=C/C(=O)[O-]. The molecule has 0 unspecified atom stereocenters. The number of hydrogen-bond acceptors (Lipinski definition) is 4. The normalized spacial score (nSPS) is 12.4. The van der Waals surface area contributed by atoms with Crippen molar-refractivity contribution in [1.29, 1.82) is 0 Å². The summed E-state index contributed by atoms with van der Waals surface area (Å²) < 4.78 is 0. The molecule has 0 amide bonds. The molecule has 0 aromatic rings. The summed E-state index contributed by atoms with van der Waals surface area (Å²) in [6.07, 6.45) is 6.04. The van der Waals surface area contributed by atoms with Gasteiger partial charge in [0.05, 0.1) is 11.9 Å². The van der Waals surface area contributed by atoms with E-state index < -0.39 is 11.9 Å². The first-order valence-corrected chi connectivity index (χ1v) is 4.58. The molecule has 4 nitrogen and oxygen atoms in total. The van der Waals surface area contributed by atoms with Crippen molar-refractivity contribution in [3.05, 3.63) is 24.3 Å². The first-order chi connectivity index (χ1) is 6.83. The van der Waals surface area contributed by atoms with E-state index >= 15 is 0 Å². The second kappa shape index (κ2) is 6.01. The van der Waals surface area contributed by atoms with Crippen molar-refractivity contribution in [2.75, 3.05) is 0 Å². The lowest BCUT2D eigenvalue weighted by Gasteiger charge is -2.20. The summed E-state index contributed by atoms with van der Waals surface area (Å²) in [4.78, 5) is 20.2. The second-order valence-corrected chi connectivity index (χ2v) is 4.02. The molecule has 0 saturated carbocycles. The fourth-order valence-corrected chi connectivity index (χ4v) is 1.03. The Morgan fingerprint density at radius 2 is 1.33 bits per heavy atom. The Morgan fingerprint density at radius 1 is 1.00 bits per heavy atom. The van der Waals surface area contributed by atoms with Crippen LogP contribution in [0.1, 0.15) is 26.7 Å². The number of rotatable bonds is 6. The molecule has 15 heavy (non-hydrogen) atoms. The zero-order valence-electron chi connectivity index (χ0n) is 8.86. The third-order valence-corrected chi connectivity index (χ3v) is 1.85. The maximum Gasteiger partial charge on any atom is 0.0639 e. The van der Waals surface area contributed by atoms with Gasteiger partial charge in [0.25, 0.3) is 0 Å². The van der Waals surface area contributed by atoms with Gasteiger partial charge in [-0.2, -0.15) is 0 Å². The minimum absolute atomic E-state index is 0.183. The molecule has 0 heterocycles. The van der Waals surface area contributed by atoms with Gasteiger partial charge in [-0.1, -0.05) is 26.0 Å². The van der Waals surface area contributed by atoms with Gasteiger partial charge in [-0.15, -0.1) is 0 Å². The zero-order valence-corrected chi connectivity index (χ0v) is 8.86. The predicted molar refractivity (Wildman–Crippen MR) is 51.3 cm³/mol. The molecule has 0 spiro atoms. The van der Waals surface area contributed by atoms with Crippen LogP contribution < -0.4 is 10.2 Å². The average Bonchev–Trinajstić information content (AvgIpc) is 2.01. The summed E-state index contributed by atoms with van der Waals surface area (Å²) in [7, 11) is 0. The summed E-state index contributed by atoms with van der Waals surface area (Å²) in [6.45, 7) is 3.82. The lowest BCUT2D eigenvalue weighted by Crippen LogP contribution is -2.19. The zero-order chi connectivity index (χ0) is 11.9. The summed E-state index contributed by atoms with van der Waals surface area (Å²) >= 11 is 0. The molecule has 0 aliphatic rings. The summed E-state index contributed by atoms with van der Waals surface area (Å²) in [5.74, 6) is -2.45. The summed E-state index contributed by atoms with van der Waals surface area (Å²) in [6, 6.07) is 0. The average molecular weight is 210 g/mol. The molecule has 0 fully saturated rings. The maximum atomic E-state index is 10.1. The predicted octanol–water partition coefficient (Wildman–Crippen LogP) is -0.595. The Balaban J connectivity index is 4.07. The van der Waals surface area contributed by atoms with Crippen molar-refractivity contribution in [3.63, 3.8) is 0 Å². The van der Waals surface area contributed by atoms with Gasteiger partial charge in [0.15, 0.2) is 0 Å². The minimum Gasteiger partial charge on any atom is -0.545 e. The number of allylic oxidation sites excluding steroid dienone is 2. The van der Waals surface area contributed by atoms with E-state index in [2.05, 4.69) is 0 Å². The van der Waals surface area contributed by atoms with Crippen LogP contribution >= 0.6 is 0 Å². The highest BCUT2D eigenvalue weighted by Gasteiger charge is 2.13. The van der Waals surface area contributed by atoms with Crippen molar-refractivity contribution < 1.29 is 19.8 Å². The first kappa shape index (κ1) is 13.4. The third-order valence-electron chi connectivity index (χ3n) is 1.85. The van der Waals surface area contributed by atoms with E-state index in [-0.39, 0.29) is 5.41 Å². The molecule has 0 aliphatic carbocycles. The van der Waals surface area contributed by atoms with Gasteiger partial charge in [0.2, 0.25) is 0 Å². The highest BCUT2D eigenvalue weighted by Crippen LogP contribution is 2.25. The molecule has 0 bridgehead atoms. The van der Waals surface area contributed by atoms with Gasteiger partial charge in [0, 0.05) is 0 Å². The monoisotopic (exact) mass is 210 g/mol. The van der Waals surface area contributed by atoms with E-state index in [1.165, 1.54) is 12.2 Å². The molecule has 0 N–H and O–H groups in total. The van der Waals surface area contributed by atoms with Crippen LogP contribution in [0, 0.1) is 5.41 Å². The van der Waals surface area contributed by atoms with Crippen molar-refractivity contribution in [2.45, 2.75) is 26.7 Å². The lowest BCUT2D eigenvalue weighted by molar-refractivity contribution is -0.298. The topological polar surface area (TPSA) is 80.3 Å². The minimum atomic E-state index is -1.23. The Labute approximate surface area is 88.9 Å².